The van der Waals surface area contributed by atoms with Gasteiger partial charge in [0.2, 0.25) is 15.9 Å². The molecule has 6 heteroatoms. The summed E-state index contributed by atoms with van der Waals surface area (Å²) in [5, 5.41) is 2.65. The summed E-state index contributed by atoms with van der Waals surface area (Å²) in [6.45, 7) is 5.51. The van der Waals surface area contributed by atoms with Gasteiger partial charge in [-0.05, 0) is 43.5 Å². The van der Waals surface area contributed by atoms with E-state index < -0.39 is 10.0 Å². The molecule has 0 saturated carbocycles. The van der Waals surface area contributed by atoms with E-state index in [1.807, 2.05) is 6.07 Å². The number of hydrogen-bond donors (Lipinski definition) is 1. The summed E-state index contributed by atoms with van der Waals surface area (Å²) in [5.41, 5.74) is 2.23. The Labute approximate surface area is 119 Å². The maximum Gasteiger partial charge on any atom is 0.247 e. The van der Waals surface area contributed by atoms with Crippen LogP contribution in [0.5, 0.6) is 0 Å². The predicted molar refractivity (Wildman–Crippen MR) is 80.4 cm³/mol. The van der Waals surface area contributed by atoms with Crippen molar-refractivity contribution in [1.82, 2.24) is 0 Å². The number of carbonyl (C=O) groups excluding carboxylic acids is 1. The highest BCUT2D eigenvalue weighted by molar-refractivity contribution is 7.92. The van der Waals surface area contributed by atoms with Crippen LogP contribution in [0.1, 0.15) is 18.9 Å². The van der Waals surface area contributed by atoms with E-state index in [9.17, 15) is 13.2 Å². The number of nitrogens with one attached hydrogen (secondary N) is 1. The zero-order valence-electron chi connectivity index (χ0n) is 11.4. The number of sulfonamides is 1. The lowest BCUT2D eigenvalue weighted by Crippen LogP contribution is -2.36. The second kappa shape index (κ2) is 5.66. The van der Waals surface area contributed by atoms with Gasteiger partial charge in [0.25, 0.3) is 0 Å². The first-order valence-electron chi connectivity index (χ1n) is 6.54. The van der Waals surface area contributed by atoms with Gasteiger partial charge in [0.1, 0.15) is 0 Å². The number of carbonyl (C=O) groups is 1. The summed E-state index contributed by atoms with van der Waals surface area (Å²) in [5.74, 6) is -0.249. The van der Waals surface area contributed by atoms with Gasteiger partial charge in [-0.2, -0.15) is 0 Å². The monoisotopic (exact) mass is 294 g/mol. The first kappa shape index (κ1) is 14.6. The lowest BCUT2D eigenvalue weighted by molar-refractivity contribution is -0.111. The van der Waals surface area contributed by atoms with E-state index in [4.69, 9.17) is 0 Å². The molecule has 5 nitrogen and oxygen atoms in total. The average molecular weight is 294 g/mol. The second-order valence-electron chi connectivity index (χ2n) is 4.61. The maximum atomic E-state index is 12.1. The van der Waals surface area contributed by atoms with E-state index in [2.05, 4.69) is 11.9 Å². The van der Waals surface area contributed by atoms with Crippen LogP contribution in [0, 0.1) is 0 Å². The lowest BCUT2D eigenvalue weighted by atomic mass is 10.0. The summed E-state index contributed by atoms with van der Waals surface area (Å²) >= 11 is 0. The van der Waals surface area contributed by atoms with Crippen molar-refractivity contribution >= 4 is 27.3 Å². The Kier molecular flexibility index (Phi) is 4.13. The zero-order chi connectivity index (χ0) is 14.8. The Hall–Kier alpha value is -1.82. The smallest absolute Gasteiger partial charge is 0.247 e. The number of hydrogen-bond acceptors (Lipinski definition) is 3. The van der Waals surface area contributed by atoms with Crippen molar-refractivity contribution in [1.29, 1.82) is 0 Å². The van der Waals surface area contributed by atoms with Crippen molar-refractivity contribution in [3.63, 3.8) is 0 Å². The Morgan fingerprint density at radius 1 is 1.50 bits per heavy atom. The molecule has 0 radical (unpaired) electrons. The molecule has 0 aliphatic carbocycles. The third kappa shape index (κ3) is 2.85. The minimum Gasteiger partial charge on any atom is -0.322 e. The molecule has 0 atom stereocenters. The Morgan fingerprint density at radius 2 is 2.25 bits per heavy atom. The zero-order valence-corrected chi connectivity index (χ0v) is 12.2. The van der Waals surface area contributed by atoms with Gasteiger partial charge in [-0.1, -0.05) is 12.6 Å². The summed E-state index contributed by atoms with van der Waals surface area (Å²) in [6.07, 6.45) is 2.84. The topological polar surface area (TPSA) is 66.5 Å². The van der Waals surface area contributed by atoms with E-state index in [-0.39, 0.29) is 11.7 Å². The molecule has 0 aromatic heterocycles. The van der Waals surface area contributed by atoms with Crippen LogP contribution in [0.15, 0.2) is 30.9 Å². The Balaban J connectivity index is 2.41. The number of rotatable bonds is 4. The van der Waals surface area contributed by atoms with Crippen molar-refractivity contribution < 1.29 is 13.2 Å². The molecular weight excluding hydrogens is 276 g/mol. The molecule has 0 spiro atoms. The second-order valence-corrected chi connectivity index (χ2v) is 6.80. The third-order valence-electron chi connectivity index (χ3n) is 3.31. The minimum atomic E-state index is -3.28. The number of fused-ring (bicyclic) bond motifs is 1. The van der Waals surface area contributed by atoms with Crippen LogP contribution in [0.4, 0.5) is 11.4 Å². The average Bonchev–Trinajstić information content (AvgIpc) is 2.46. The fourth-order valence-electron chi connectivity index (χ4n) is 2.26. The predicted octanol–water partition coefficient (Wildman–Crippen LogP) is 1.91. The van der Waals surface area contributed by atoms with Gasteiger partial charge in [0.05, 0.1) is 11.4 Å². The minimum absolute atomic E-state index is 0.0652. The number of aryl methyl sites for hydroxylation is 1. The van der Waals surface area contributed by atoms with Gasteiger partial charge in [-0.3, -0.25) is 9.10 Å². The molecule has 0 saturated heterocycles. The summed E-state index contributed by atoms with van der Waals surface area (Å²) in [4.78, 5) is 11.3. The highest BCUT2D eigenvalue weighted by atomic mass is 32.2. The normalized spacial score (nSPS) is 14.6. The molecule has 1 aliphatic rings. The van der Waals surface area contributed by atoms with Gasteiger partial charge in [-0.25, -0.2) is 8.42 Å². The fraction of sp³-hybridized carbons (Fsp3) is 0.357. The first-order valence-corrected chi connectivity index (χ1v) is 8.15. The van der Waals surface area contributed by atoms with Gasteiger partial charge >= 0.3 is 0 Å². The molecule has 1 N–H and O–H groups in total. The number of anilines is 2. The maximum absolute atomic E-state index is 12.1. The molecule has 20 heavy (non-hydrogen) atoms. The Morgan fingerprint density at radius 3 is 2.90 bits per heavy atom. The SMILES string of the molecule is C=CC(=O)Nc1ccc2c(c1)N(S(=O)(=O)CC)CCC2. The van der Waals surface area contributed by atoms with Crippen LogP contribution in [0.25, 0.3) is 0 Å². The molecule has 108 valence electrons. The molecule has 1 heterocycles. The summed E-state index contributed by atoms with van der Waals surface area (Å²) < 4.78 is 25.7. The van der Waals surface area contributed by atoms with Crippen molar-refractivity contribution in [2.24, 2.45) is 0 Å². The molecule has 1 amide bonds. The molecular formula is C14H18N2O3S. The Bertz CT molecular complexity index is 638. The third-order valence-corrected chi connectivity index (χ3v) is 5.10. The van der Waals surface area contributed by atoms with Crippen molar-refractivity contribution in [3.8, 4) is 0 Å². The molecule has 0 unspecified atom stereocenters. The van der Waals surface area contributed by atoms with E-state index in [0.717, 1.165) is 18.4 Å². The van der Waals surface area contributed by atoms with Crippen LogP contribution < -0.4 is 9.62 Å². The summed E-state index contributed by atoms with van der Waals surface area (Å²) in [7, 11) is -3.28. The van der Waals surface area contributed by atoms with Gasteiger partial charge in [0.15, 0.2) is 0 Å². The highest BCUT2D eigenvalue weighted by Gasteiger charge is 2.26. The van der Waals surface area contributed by atoms with Crippen LogP contribution in [0.3, 0.4) is 0 Å². The molecule has 2 rings (SSSR count). The highest BCUT2D eigenvalue weighted by Crippen LogP contribution is 2.32. The van der Waals surface area contributed by atoms with Crippen LogP contribution >= 0.6 is 0 Å². The van der Waals surface area contributed by atoms with E-state index in [1.165, 1.54) is 10.4 Å². The molecule has 1 aromatic carbocycles. The fourth-order valence-corrected chi connectivity index (χ4v) is 3.45. The number of nitrogens with zero attached hydrogens (tertiary/aromatic N) is 1. The van der Waals surface area contributed by atoms with Crippen molar-refractivity contribution in [2.45, 2.75) is 19.8 Å². The van der Waals surface area contributed by atoms with Gasteiger partial charge in [-0.15, -0.1) is 0 Å². The summed E-state index contributed by atoms with van der Waals surface area (Å²) in [6, 6.07) is 5.36. The van der Waals surface area contributed by atoms with Crippen LogP contribution in [-0.4, -0.2) is 26.6 Å². The first-order chi connectivity index (χ1) is 9.47. The van der Waals surface area contributed by atoms with Crippen molar-refractivity contribution in [3.05, 3.63) is 36.4 Å². The van der Waals surface area contributed by atoms with E-state index in [0.29, 0.717) is 17.9 Å². The van der Waals surface area contributed by atoms with Gasteiger partial charge in [0, 0.05) is 12.2 Å². The largest absolute Gasteiger partial charge is 0.322 e. The molecule has 1 aromatic rings. The van der Waals surface area contributed by atoms with Gasteiger partial charge < -0.3 is 5.32 Å². The lowest BCUT2D eigenvalue weighted by Gasteiger charge is -2.30. The van der Waals surface area contributed by atoms with Crippen molar-refractivity contribution in [2.75, 3.05) is 21.9 Å². The van der Waals surface area contributed by atoms with E-state index >= 15 is 0 Å². The molecule has 1 aliphatic heterocycles. The molecule has 0 bridgehead atoms. The quantitative estimate of drug-likeness (QED) is 0.863. The number of amides is 1. The van der Waals surface area contributed by atoms with Crippen LogP contribution in [-0.2, 0) is 21.2 Å². The van der Waals surface area contributed by atoms with Crippen LogP contribution in [0.2, 0.25) is 0 Å². The molecule has 0 fully saturated rings. The number of benzene rings is 1. The van der Waals surface area contributed by atoms with E-state index in [1.54, 1.807) is 19.1 Å². The standard InChI is InChI=1S/C14H18N2O3S/c1-3-14(17)15-12-8-7-11-6-5-9-16(13(11)10-12)20(18,19)4-2/h3,7-8,10H,1,4-6,9H2,2H3,(H,15,17).